The molecule has 3 nitrogen and oxygen atoms in total. The summed E-state index contributed by atoms with van der Waals surface area (Å²) in [5.74, 6) is 0. The third-order valence-corrected chi connectivity index (χ3v) is 6.19. The van der Waals surface area contributed by atoms with Gasteiger partial charge in [0.15, 0.2) is 0 Å². The third-order valence-electron chi connectivity index (χ3n) is 2.29. The molecule has 0 aliphatic carbocycles. The fourth-order valence-corrected chi connectivity index (χ4v) is 5.76. The summed E-state index contributed by atoms with van der Waals surface area (Å²) >= 11 is -2.12. The molecule has 0 N–H and O–H groups in total. The molecule has 4 heteroatoms. The molecule has 1 aliphatic rings. The predicted molar refractivity (Wildman–Crippen MR) is 75.2 cm³/mol. The van der Waals surface area contributed by atoms with Gasteiger partial charge in [0.1, 0.15) is 0 Å². The van der Waals surface area contributed by atoms with Crippen LogP contribution >= 0.6 is 20.6 Å². The van der Waals surface area contributed by atoms with Gasteiger partial charge in [0.25, 0.3) is 0 Å². The van der Waals surface area contributed by atoms with E-state index < -0.39 is 20.6 Å². The van der Waals surface area contributed by atoms with Crippen LogP contribution in [-0.2, 0) is 16.8 Å². The van der Waals surface area contributed by atoms with E-state index in [0.717, 1.165) is 0 Å². The van der Waals surface area contributed by atoms with Crippen molar-refractivity contribution in [1.29, 1.82) is 0 Å². The second-order valence-corrected chi connectivity index (χ2v) is 8.75. The first-order valence-corrected chi connectivity index (χ1v) is 8.49. The molecule has 0 unspecified atom stereocenters. The van der Waals surface area contributed by atoms with Gasteiger partial charge in [0, 0.05) is 0 Å². The van der Waals surface area contributed by atoms with Crippen LogP contribution in [0.4, 0.5) is 0 Å². The SMILES string of the molecule is CC(C)(C)OOI1OC(C)(C)c2ccccc21. The van der Waals surface area contributed by atoms with Gasteiger partial charge in [0.2, 0.25) is 0 Å². The van der Waals surface area contributed by atoms with E-state index in [1.54, 1.807) is 0 Å². The topological polar surface area (TPSA) is 27.7 Å². The molecule has 0 atom stereocenters. The molecule has 0 spiro atoms. The van der Waals surface area contributed by atoms with E-state index in [1.807, 2.05) is 32.9 Å². The molecular weight excluding hydrogens is 331 g/mol. The Bertz CT molecular complexity index is 409. The Morgan fingerprint density at radius 2 is 1.82 bits per heavy atom. The molecule has 0 radical (unpaired) electrons. The number of fused-ring (bicyclic) bond motifs is 1. The molecule has 0 saturated carbocycles. The van der Waals surface area contributed by atoms with E-state index in [2.05, 4.69) is 26.0 Å². The van der Waals surface area contributed by atoms with Crippen LogP contribution in [0.1, 0.15) is 40.2 Å². The summed E-state index contributed by atoms with van der Waals surface area (Å²) < 4.78 is 12.8. The molecule has 1 heterocycles. The Labute approximate surface area is 111 Å². The van der Waals surface area contributed by atoms with Crippen LogP contribution in [0.25, 0.3) is 0 Å². The molecule has 17 heavy (non-hydrogen) atoms. The predicted octanol–water partition coefficient (Wildman–Crippen LogP) is 4.20. The third kappa shape index (κ3) is 2.99. The van der Waals surface area contributed by atoms with Crippen LogP contribution in [0.3, 0.4) is 0 Å². The van der Waals surface area contributed by atoms with Crippen LogP contribution in [-0.4, -0.2) is 5.60 Å². The summed E-state index contributed by atoms with van der Waals surface area (Å²) in [5, 5.41) is 0. The first kappa shape index (κ1) is 13.3. The Morgan fingerprint density at radius 1 is 1.18 bits per heavy atom. The van der Waals surface area contributed by atoms with Crippen molar-refractivity contribution in [2.24, 2.45) is 0 Å². The van der Waals surface area contributed by atoms with Crippen LogP contribution in [0.2, 0.25) is 0 Å². The summed E-state index contributed by atoms with van der Waals surface area (Å²) in [6, 6.07) is 8.25. The summed E-state index contributed by atoms with van der Waals surface area (Å²) in [6.45, 7) is 10.1. The van der Waals surface area contributed by atoms with Crippen LogP contribution in [0, 0.1) is 3.57 Å². The Morgan fingerprint density at radius 3 is 2.47 bits per heavy atom. The second kappa shape index (κ2) is 4.50. The van der Waals surface area contributed by atoms with Crippen molar-refractivity contribution in [3.05, 3.63) is 33.4 Å². The van der Waals surface area contributed by atoms with E-state index in [1.165, 1.54) is 9.13 Å². The monoisotopic (exact) mass is 350 g/mol. The Balaban J connectivity index is 2.18. The van der Waals surface area contributed by atoms with Crippen LogP contribution in [0.15, 0.2) is 24.3 Å². The molecule has 96 valence electrons. The standard InChI is InChI=1S/C13H19IO3/c1-12(2,3)16-17-14-11-9-7-6-8-10(11)13(4,5)15-14/h6-9H,1-5H3. The molecular formula is C13H19IO3. The van der Waals surface area contributed by atoms with Crippen LogP contribution in [0.5, 0.6) is 0 Å². The van der Waals surface area contributed by atoms with E-state index >= 15 is 0 Å². The number of rotatable bonds is 2. The zero-order valence-corrected chi connectivity index (χ0v) is 13.1. The average molecular weight is 350 g/mol. The van der Waals surface area contributed by atoms with Gasteiger partial charge < -0.3 is 0 Å². The quantitative estimate of drug-likeness (QED) is 0.454. The van der Waals surface area contributed by atoms with Crippen molar-refractivity contribution in [2.75, 3.05) is 0 Å². The maximum atomic E-state index is 6.02. The minimum absolute atomic E-state index is 0.261. The Hall–Kier alpha value is -0.170. The first-order valence-electron chi connectivity index (χ1n) is 5.65. The van der Waals surface area contributed by atoms with Crippen molar-refractivity contribution in [2.45, 2.75) is 45.8 Å². The van der Waals surface area contributed by atoms with Gasteiger partial charge >= 0.3 is 111 Å². The van der Waals surface area contributed by atoms with Gasteiger partial charge in [-0.05, 0) is 0 Å². The van der Waals surface area contributed by atoms with E-state index in [0.29, 0.717) is 0 Å². The van der Waals surface area contributed by atoms with Gasteiger partial charge in [-0.25, -0.2) is 0 Å². The normalized spacial score (nSPS) is 20.4. The van der Waals surface area contributed by atoms with Crippen molar-refractivity contribution in [3.63, 3.8) is 0 Å². The van der Waals surface area contributed by atoms with E-state index in [9.17, 15) is 0 Å². The van der Waals surface area contributed by atoms with Gasteiger partial charge in [-0.2, -0.15) is 0 Å². The molecule has 0 bridgehead atoms. The molecule has 0 saturated heterocycles. The van der Waals surface area contributed by atoms with Crippen molar-refractivity contribution >= 4 is 20.6 Å². The average Bonchev–Trinajstić information content (AvgIpc) is 2.48. The van der Waals surface area contributed by atoms with Gasteiger partial charge in [0.05, 0.1) is 0 Å². The number of halogens is 1. The second-order valence-electron chi connectivity index (χ2n) is 5.54. The number of hydrogen-bond acceptors (Lipinski definition) is 3. The number of hydrogen-bond donors (Lipinski definition) is 0. The first-order chi connectivity index (χ1) is 7.80. The van der Waals surface area contributed by atoms with E-state index in [-0.39, 0.29) is 11.2 Å². The summed E-state index contributed by atoms with van der Waals surface area (Å²) in [4.78, 5) is 5.41. The summed E-state index contributed by atoms with van der Waals surface area (Å²) in [6.07, 6.45) is 0. The summed E-state index contributed by atoms with van der Waals surface area (Å²) in [5.41, 5.74) is 0.660. The zero-order valence-electron chi connectivity index (χ0n) is 10.9. The molecule has 0 amide bonds. The van der Waals surface area contributed by atoms with Crippen molar-refractivity contribution < 1.29 is 11.2 Å². The molecule has 2 rings (SSSR count). The zero-order chi connectivity index (χ0) is 12.7. The minimum atomic E-state index is -2.12. The van der Waals surface area contributed by atoms with Gasteiger partial charge in [-0.3, -0.25) is 0 Å². The molecule has 0 aromatic heterocycles. The fraction of sp³-hybridized carbons (Fsp3) is 0.538. The van der Waals surface area contributed by atoms with Crippen molar-refractivity contribution in [3.8, 4) is 0 Å². The van der Waals surface area contributed by atoms with Gasteiger partial charge in [-0.15, -0.1) is 0 Å². The number of benzene rings is 1. The van der Waals surface area contributed by atoms with Crippen molar-refractivity contribution in [1.82, 2.24) is 0 Å². The fourth-order valence-electron chi connectivity index (χ4n) is 1.51. The Kier molecular flexibility index (Phi) is 3.51. The van der Waals surface area contributed by atoms with E-state index in [4.69, 9.17) is 11.2 Å². The summed E-state index contributed by atoms with van der Waals surface area (Å²) in [7, 11) is 0. The maximum absolute atomic E-state index is 6.02. The molecule has 1 aromatic carbocycles. The molecule has 1 aliphatic heterocycles. The van der Waals surface area contributed by atoms with Crippen LogP contribution < -0.4 is 0 Å². The van der Waals surface area contributed by atoms with Gasteiger partial charge in [-0.1, -0.05) is 0 Å². The molecule has 0 fully saturated rings. The molecule has 1 aromatic rings.